The summed E-state index contributed by atoms with van der Waals surface area (Å²) in [7, 11) is 0. The third kappa shape index (κ3) is 6.15. The number of rotatable bonds is 9. The third-order valence-electron chi connectivity index (χ3n) is 3.92. The molecule has 0 aliphatic heterocycles. The first-order chi connectivity index (χ1) is 8.18. The van der Waals surface area contributed by atoms with Crippen LogP contribution >= 0.6 is 11.8 Å². The van der Waals surface area contributed by atoms with Crippen LogP contribution in [0.3, 0.4) is 0 Å². The van der Waals surface area contributed by atoms with Crippen LogP contribution in [-0.2, 0) is 0 Å². The molecular formula is C15H31NS. The van der Waals surface area contributed by atoms with Gasteiger partial charge < -0.3 is 5.32 Å². The van der Waals surface area contributed by atoms with Gasteiger partial charge in [0.25, 0.3) is 0 Å². The van der Waals surface area contributed by atoms with Crippen LogP contribution in [0.4, 0.5) is 0 Å². The molecule has 0 bridgehead atoms. The van der Waals surface area contributed by atoms with E-state index in [9.17, 15) is 0 Å². The molecule has 1 rings (SSSR count). The molecule has 1 aliphatic carbocycles. The Morgan fingerprint density at radius 3 is 2.53 bits per heavy atom. The Bertz CT molecular complexity index is 185. The molecule has 17 heavy (non-hydrogen) atoms. The molecule has 0 spiro atoms. The average molecular weight is 257 g/mol. The van der Waals surface area contributed by atoms with Gasteiger partial charge in [-0.05, 0) is 55.1 Å². The minimum Gasteiger partial charge on any atom is -0.316 e. The molecule has 1 fully saturated rings. The summed E-state index contributed by atoms with van der Waals surface area (Å²) in [4.78, 5) is 0. The van der Waals surface area contributed by atoms with Gasteiger partial charge in [0, 0.05) is 6.54 Å². The van der Waals surface area contributed by atoms with Crippen molar-refractivity contribution in [2.24, 2.45) is 11.3 Å². The van der Waals surface area contributed by atoms with Crippen molar-refractivity contribution < 1.29 is 0 Å². The van der Waals surface area contributed by atoms with Crippen molar-refractivity contribution in [2.75, 3.05) is 24.6 Å². The molecule has 0 heterocycles. The van der Waals surface area contributed by atoms with Gasteiger partial charge in [-0.3, -0.25) is 0 Å². The van der Waals surface area contributed by atoms with Gasteiger partial charge in [0.15, 0.2) is 0 Å². The van der Waals surface area contributed by atoms with Gasteiger partial charge in [-0.15, -0.1) is 0 Å². The van der Waals surface area contributed by atoms with Crippen LogP contribution in [0, 0.1) is 11.3 Å². The molecule has 2 heteroatoms. The molecule has 0 aromatic heterocycles. The first-order valence-corrected chi connectivity index (χ1v) is 8.62. The first kappa shape index (κ1) is 15.4. The summed E-state index contributed by atoms with van der Waals surface area (Å²) in [6.07, 6.45) is 8.73. The van der Waals surface area contributed by atoms with Crippen molar-refractivity contribution in [3.8, 4) is 0 Å². The highest BCUT2D eigenvalue weighted by Crippen LogP contribution is 2.41. The minimum atomic E-state index is 0.656. The zero-order valence-corrected chi connectivity index (χ0v) is 12.9. The quantitative estimate of drug-likeness (QED) is 0.617. The van der Waals surface area contributed by atoms with Crippen LogP contribution in [0.25, 0.3) is 0 Å². The van der Waals surface area contributed by atoms with Crippen LogP contribution in [0.2, 0.25) is 0 Å². The lowest BCUT2D eigenvalue weighted by Gasteiger charge is -2.30. The Labute approximate surface area is 113 Å². The van der Waals surface area contributed by atoms with Gasteiger partial charge in [0.1, 0.15) is 0 Å². The summed E-state index contributed by atoms with van der Waals surface area (Å²) < 4.78 is 0. The Kier molecular flexibility index (Phi) is 7.61. The number of hydrogen-bond donors (Lipinski definition) is 1. The molecule has 102 valence electrons. The SMILES string of the molecule is CCSCCCC1(CNCC(C)C)CCCC1. The van der Waals surface area contributed by atoms with Crippen molar-refractivity contribution in [2.45, 2.75) is 59.3 Å². The highest BCUT2D eigenvalue weighted by molar-refractivity contribution is 7.99. The van der Waals surface area contributed by atoms with E-state index in [0.29, 0.717) is 5.41 Å². The van der Waals surface area contributed by atoms with Crippen molar-refractivity contribution in [1.29, 1.82) is 0 Å². The lowest BCUT2D eigenvalue weighted by atomic mass is 9.81. The molecule has 1 N–H and O–H groups in total. The fourth-order valence-electron chi connectivity index (χ4n) is 2.96. The van der Waals surface area contributed by atoms with Crippen LogP contribution in [0.1, 0.15) is 59.3 Å². The third-order valence-corrected chi connectivity index (χ3v) is 4.90. The molecule has 0 unspecified atom stereocenters. The van der Waals surface area contributed by atoms with E-state index in [1.54, 1.807) is 0 Å². The molecule has 0 atom stereocenters. The van der Waals surface area contributed by atoms with E-state index in [2.05, 4.69) is 37.8 Å². The van der Waals surface area contributed by atoms with Gasteiger partial charge in [-0.1, -0.05) is 33.6 Å². The maximum Gasteiger partial charge on any atom is 0.000792 e. The Hall–Kier alpha value is 0.310. The minimum absolute atomic E-state index is 0.656. The van der Waals surface area contributed by atoms with Gasteiger partial charge in [-0.25, -0.2) is 0 Å². The van der Waals surface area contributed by atoms with Crippen LogP contribution in [0.5, 0.6) is 0 Å². The normalized spacial score (nSPS) is 19.1. The van der Waals surface area contributed by atoms with Gasteiger partial charge >= 0.3 is 0 Å². The zero-order chi connectivity index (χ0) is 12.6. The smallest absolute Gasteiger partial charge is 0.000792 e. The van der Waals surface area contributed by atoms with Gasteiger partial charge in [0.2, 0.25) is 0 Å². The number of hydrogen-bond acceptors (Lipinski definition) is 2. The van der Waals surface area contributed by atoms with E-state index in [0.717, 1.165) is 5.92 Å². The molecule has 0 aromatic carbocycles. The summed E-state index contributed by atoms with van der Waals surface area (Å²) in [5.74, 6) is 3.42. The zero-order valence-electron chi connectivity index (χ0n) is 12.1. The van der Waals surface area contributed by atoms with E-state index >= 15 is 0 Å². The standard InChI is InChI=1S/C15H31NS/c1-4-17-11-7-10-15(8-5-6-9-15)13-16-12-14(2)3/h14,16H,4-13H2,1-3H3. The maximum absolute atomic E-state index is 3.70. The molecule has 0 amide bonds. The monoisotopic (exact) mass is 257 g/mol. The Morgan fingerprint density at radius 2 is 1.94 bits per heavy atom. The number of thioether (sulfide) groups is 1. The molecule has 1 saturated carbocycles. The summed E-state index contributed by atoms with van der Waals surface area (Å²) in [5.41, 5.74) is 0.656. The molecule has 1 aliphatic rings. The number of nitrogens with one attached hydrogen (secondary N) is 1. The van der Waals surface area contributed by atoms with E-state index in [1.165, 1.54) is 63.1 Å². The summed E-state index contributed by atoms with van der Waals surface area (Å²) in [5, 5.41) is 3.70. The molecule has 0 radical (unpaired) electrons. The molecular weight excluding hydrogens is 226 g/mol. The molecule has 0 aromatic rings. The van der Waals surface area contributed by atoms with Crippen molar-refractivity contribution in [3.05, 3.63) is 0 Å². The largest absolute Gasteiger partial charge is 0.316 e. The average Bonchev–Trinajstić information content (AvgIpc) is 2.73. The molecule has 0 saturated heterocycles. The van der Waals surface area contributed by atoms with E-state index < -0.39 is 0 Å². The van der Waals surface area contributed by atoms with E-state index in [-0.39, 0.29) is 0 Å². The fraction of sp³-hybridized carbons (Fsp3) is 1.00. The Balaban J connectivity index is 2.24. The highest BCUT2D eigenvalue weighted by Gasteiger charge is 2.32. The van der Waals surface area contributed by atoms with Crippen LogP contribution in [0.15, 0.2) is 0 Å². The second-order valence-corrected chi connectivity index (χ2v) is 7.43. The lowest BCUT2D eigenvalue weighted by Crippen LogP contribution is -2.34. The summed E-state index contributed by atoms with van der Waals surface area (Å²) in [6, 6.07) is 0. The van der Waals surface area contributed by atoms with E-state index in [4.69, 9.17) is 0 Å². The highest BCUT2D eigenvalue weighted by atomic mass is 32.2. The van der Waals surface area contributed by atoms with E-state index in [1.807, 2.05) is 0 Å². The summed E-state index contributed by atoms with van der Waals surface area (Å²) in [6.45, 7) is 9.31. The lowest BCUT2D eigenvalue weighted by molar-refractivity contribution is 0.252. The fourth-order valence-corrected chi connectivity index (χ4v) is 3.60. The van der Waals surface area contributed by atoms with Crippen molar-refractivity contribution in [1.82, 2.24) is 5.32 Å². The van der Waals surface area contributed by atoms with Gasteiger partial charge in [0.05, 0.1) is 0 Å². The predicted octanol–water partition coefficient (Wildman–Crippen LogP) is 4.33. The first-order valence-electron chi connectivity index (χ1n) is 7.47. The molecule has 1 nitrogen and oxygen atoms in total. The predicted molar refractivity (Wildman–Crippen MR) is 80.8 cm³/mol. The second-order valence-electron chi connectivity index (χ2n) is 6.03. The maximum atomic E-state index is 3.70. The topological polar surface area (TPSA) is 12.0 Å². The summed E-state index contributed by atoms with van der Waals surface area (Å²) >= 11 is 2.10. The van der Waals surface area contributed by atoms with Crippen molar-refractivity contribution in [3.63, 3.8) is 0 Å². The second kappa shape index (κ2) is 8.42. The Morgan fingerprint density at radius 1 is 1.24 bits per heavy atom. The van der Waals surface area contributed by atoms with Crippen molar-refractivity contribution >= 4 is 11.8 Å². The van der Waals surface area contributed by atoms with Gasteiger partial charge in [-0.2, -0.15) is 11.8 Å². The van der Waals surface area contributed by atoms with Crippen LogP contribution < -0.4 is 5.32 Å². The van der Waals surface area contributed by atoms with Crippen LogP contribution in [-0.4, -0.2) is 24.6 Å².